The van der Waals surface area contributed by atoms with E-state index >= 15 is 0 Å². The average Bonchev–Trinajstić information content (AvgIpc) is 2.75. The van der Waals surface area contributed by atoms with Crippen LogP contribution in [0.25, 0.3) is 16.3 Å². The molecule has 156 valence electrons. The molecule has 1 aromatic heterocycles. The Morgan fingerprint density at radius 3 is 2.72 bits per heavy atom. The zero-order valence-corrected chi connectivity index (χ0v) is 17.8. The van der Waals surface area contributed by atoms with Gasteiger partial charge in [-0.3, -0.25) is 4.98 Å². The van der Waals surface area contributed by atoms with Gasteiger partial charge < -0.3 is 16.0 Å². The van der Waals surface area contributed by atoms with Gasteiger partial charge in [0.1, 0.15) is 0 Å². The molecule has 2 heterocycles. The van der Waals surface area contributed by atoms with Crippen LogP contribution in [0, 0.1) is 5.41 Å². The van der Waals surface area contributed by atoms with E-state index in [2.05, 4.69) is 21.7 Å². The van der Waals surface area contributed by atoms with Gasteiger partial charge in [-0.1, -0.05) is 0 Å². The first-order valence-corrected chi connectivity index (χ1v) is 11.7. The van der Waals surface area contributed by atoms with E-state index in [1.165, 1.54) is 6.21 Å². The molecule has 1 aliphatic rings. The fraction of sp³-hybridized carbons (Fsp3) is 0.429. The third kappa shape index (κ3) is 4.94. The van der Waals surface area contributed by atoms with Crippen LogP contribution < -0.4 is 10.6 Å². The summed E-state index contributed by atoms with van der Waals surface area (Å²) in [6, 6.07) is 6.27. The van der Waals surface area contributed by atoms with E-state index in [0.29, 0.717) is 13.1 Å². The number of benzene rings is 1. The van der Waals surface area contributed by atoms with Crippen LogP contribution in [-0.4, -0.2) is 55.4 Å². The van der Waals surface area contributed by atoms with Crippen molar-refractivity contribution < 1.29 is 8.42 Å². The maximum atomic E-state index is 12.1. The van der Waals surface area contributed by atoms with Gasteiger partial charge in [0.2, 0.25) is 10.0 Å². The molecule has 1 aliphatic heterocycles. The zero-order valence-electron chi connectivity index (χ0n) is 17.0. The summed E-state index contributed by atoms with van der Waals surface area (Å²) in [4.78, 5) is 4.27. The van der Waals surface area contributed by atoms with E-state index in [1.54, 1.807) is 17.4 Å². The van der Waals surface area contributed by atoms with Crippen molar-refractivity contribution in [3.05, 3.63) is 42.4 Å². The van der Waals surface area contributed by atoms with Crippen molar-refractivity contribution in [2.24, 2.45) is 0 Å². The second-order valence-electron chi connectivity index (χ2n) is 7.14. The van der Waals surface area contributed by atoms with Crippen LogP contribution in [0.5, 0.6) is 0 Å². The van der Waals surface area contributed by atoms with Crippen LogP contribution in [0.4, 0.5) is 5.69 Å². The van der Waals surface area contributed by atoms with Gasteiger partial charge in [-0.15, -0.1) is 0 Å². The Kier molecular flexibility index (Phi) is 6.87. The molecule has 7 nitrogen and oxygen atoms in total. The van der Waals surface area contributed by atoms with Crippen LogP contribution in [0.2, 0.25) is 0 Å². The minimum Gasteiger partial charge on any atom is -0.391 e. The highest BCUT2D eigenvalue weighted by Crippen LogP contribution is 2.29. The van der Waals surface area contributed by atoms with Gasteiger partial charge in [-0.05, 0) is 55.8 Å². The minimum absolute atomic E-state index is 0.147. The van der Waals surface area contributed by atoms with Gasteiger partial charge >= 0.3 is 0 Å². The Hall–Kier alpha value is -2.45. The molecule has 0 aliphatic carbocycles. The zero-order chi connectivity index (χ0) is 20.9. The Morgan fingerprint density at radius 1 is 1.31 bits per heavy atom. The van der Waals surface area contributed by atoms with Crippen LogP contribution in [0.1, 0.15) is 32.3 Å². The average molecular weight is 416 g/mol. The number of aromatic nitrogens is 1. The second-order valence-corrected chi connectivity index (χ2v) is 9.40. The number of pyridine rings is 1. The number of anilines is 1. The molecule has 29 heavy (non-hydrogen) atoms. The predicted molar refractivity (Wildman–Crippen MR) is 120 cm³/mol. The summed E-state index contributed by atoms with van der Waals surface area (Å²) in [7, 11) is -3.13. The first kappa shape index (κ1) is 21.3. The molecule has 1 aromatic carbocycles. The third-order valence-corrected chi connectivity index (χ3v) is 7.16. The van der Waals surface area contributed by atoms with Crippen LogP contribution in [0.3, 0.4) is 0 Å². The molecule has 0 spiro atoms. The molecule has 1 fully saturated rings. The summed E-state index contributed by atoms with van der Waals surface area (Å²) in [6.45, 7) is 5.57. The molecule has 0 atom stereocenters. The summed E-state index contributed by atoms with van der Waals surface area (Å²) in [5.74, 6) is 0.147. The number of nitrogens with one attached hydrogen (secondary N) is 3. The van der Waals surface area contributed by atoms with Crippen molar-refractivity contribution in [3.63, 3.8) is 0 Å². The van der Waals surface area contributed by atoms with Gasteiger partial charge in [-0.25, -0.2) is 12.7 Å². The Morgan fingerprint density at radius 2 is 2.07 bits per heavy atom. The number of hydrogen-bond acceptors (Lipinski definition) is 6. The molecule has 3 rings (SSSR count). The van der Waals surface area contributed by atoms with Gasteiger partial charge in [0.25, 0.3) is 0 Å². The smallest absolute Gasteiger partial charge is 0.213 e. The van der Waals surface area contributed by atoms with Crippen molar-refractivity contribution in [2.75, 3.05) is 30.7 Å². The van der Waals surface area contributed by atoms with Gasteiger partial charge in [-0.2, -0.15) is 0 Å². The molecule has 0 bridgehead atoms. The summed E-state index contributed by atoms with van der Waals surface area (Å²) < 4.78 is 25.8. The number of fused-ring (bicyclic) bond motifs is 1. The molecule has 0 radical (unpaired) electrons. The van der Waals surface area contributed by atoms with E-state index in [1.807, 2.05) is 31.5 Å². The normalized spacial score (nSPS) is 16.7. The maximum Gasteiger partial charge on any atom is 0.213 e. The van der Waals surface area contributed by atoms with Gasteiger partial charge in [0.15, 0.2) is 0 Å². The maximum absolute atomic E-state index is 12.1. The quantitative estimate of drug-likeness (QED) is 0.576. The highest BCUT2D eigenvalue weighted by molar-refractivity contribution is 7.89. The summed E-state index contributed by atoms with van der Waals surface area (Å²) in [5.41, 5.74) is 2.72. The van der Waals surface area contributed by atoms with Gasteiger partial charge in [0, 0.05) is 67.1 Å². The molecule has 0 unspecified atom stereocenters. The number of allylic oxidation sites excluding steroid dienone is 1. The molecule has 1 saturated heterocycles. The van der Waals surface area contributed by atoms with E-state index in [9.17, 15) is 8.42 Å². The molecule has 8 heteroatoms. The van der Waals surface area contributed by atoms with Crippen molar-refractivity contribution in [1.29, 1.82) is 5.41 Å². The topological polar surface area (TPSA) is 98.2 Å². The lowest BCUT2D eigenvalue weighted by Gasteiger charge is -2.32. The third-order valence-electron chi connectivity index (χ3n) is 5.28. The van der Waals surface area contributed by atoms with Crippen molar-refractivity contribution in [2.45, 2.75) is 32.7 Å². The predicted octanol–water partition coefficient (Wildman–Crippen LogP) is 3.06. The molecule has 0 saturated carbocycles. The van der Waals surface area contributed by atoms with E-state index < -0.39 is 10.0 Å². The molecule has 3 N–H and O–H groups in total. The van der Waals surface area contributed by atoms with Crippen LogP contribution >= 0.6 is 0 Å². The summed E-state index contributed by atoms with van der Waals surface area (Å²) in [6.07, 6.45) is 8.33. The summed E-state index contributed by atoms with van der Waals surface area (Å²) in [5, 5.41) is 16.6. The number of rotatable bonds is 8. The fourth-order valence-corrected chi connectivity index (χ4v) is 4.72. The monoisotopic (exact) mass is 415 g/mol. The molecule has 0 amide bonds. The molecule has 2 aromatic rings. The Balaban J connectivity index is 1.86. The standard InChI is InChI=1S/C21H29N5O2S/c1-3-23-14-18(13-22)17-11-16-5-8-24-15-20(16)21(12-17)25-19-6-9-26(10-7-19)29(27,28)4-2/h5,8,11-15,19,22-23,25H,3-4,6-7,9-10H2,1-2H3/b18-14+,22-13?. The largest absolute Gasteiger partial charge is 0.391 e. The van der Waals surface area contributed by atoms with Crippen molar-refractivity contribution in [1.82, 2.24) is 14.6 Å². The van der Waals surface area contributed by atoms with Gasteiger partial charge in [0.05, 0.1) is 5.75 Å². The first-order chi connectivity index (χ1) is 14.0. The van der Waals surface area contributed by atoms with E-state index in [-0.39, 0.29) is 11.8 Å². The minimum atomic E-state index is -3.13. The number of sulfonamides is 1. The van der Waals surface area contributed by atoms with Crippen LogP contribution in [-0.2, 0) is 10.0 Å². The van der Waals surface area contributed by atoms with E-state index in [4.69, 9.17) is 5.41 Å². The van der Waals surface area contributed by atoms with E-state index in [0.717, 1.165) is 47.0 Å². The molecular formula is C21H29N5O2S. The fourth-order valence-electron chi connectivity index (χ4n) is 3.59. The lowest BCUT2D eigenvalue weighted by Crippen LogP contribution is -2.42. The lowest BCUT2D eigenvalue weighted by atomic mass is 10.00. The van der Waals surface area contributed by atoms with Crippen molar-refractivity contribution >= 4 is 38.3 Å². The number of nitrogens with zero attached hydrogens (tertiary/aromatic N) is 2. The lowest BCUT2D eigenvalue weighted by molar-refractivity contribution is 0.330. The SMILES string of the molecule is CCN/C=C(\C=N)c1cc(NC2CCN(S(=O)(=O)CC)CC2)c2cnccc2c1. The Bertz CT molecular complexity index is 995. The first-order valence-electron chi connectivity index (χ1n) is 10.0. The number of piperidine rings is 1. The Labute approximate surface area is 172 Å². The molecular weight excluding hydrogens is 386 g/mol. The van der Waals surface area contributed by atoms with Crippen molar-refractivity contribution in [3.8, 4) is 0 Å². The highest BCUT2D eigenvalue weighted by Gasteiger charge is 2.26. The highest BCUT2D eigenvalue weighted by atomic mass is 32.2. The number of hydrogen-bond donors (Lipinski definition) is 3. The summed E-state index contributed by atoms with van der Waals surface area (Å²) >= 11 is 0. The van der Waals surface area contributed by atoms with Crippen LogP contribution in [0.15, 0.2) is 36.8 Å². The second kappa shape index (κ2) is 9.37.